The first-order chi connectivity index (χ1) is 7.45. The van der Waals surface area contributed by atoms with Crippen LogP contribution in [0.3, 0.4) is 0 Å². The van der Waals surface area contributed by atoms with Crippen molar-refractivity contribution in [2.75, 3.05) is 17.7 Å². The molecular weight excluding hydrogens is 204 g/mol. The fraction of sp³-hybridized carbons (Fsp3) is 0.636. The van der Waals surface area contributed by atoms with Crippen LogP contribution in [0.2, 0.25) is 0 Å². The van der Waals surface area contributed by atoms with Crippen LogP contribution in [0.1, 0.15) is 25.2 Å². The summed E-state index contributed by atoms with van der Waals surface area (Å²) < 4.78 is 0. The lowest BCUT2D eigenvalue weighted by molar-refractivity contribution is 0.249. The van der Waals surface area contributed by atoms with Crippen molar-refractivity contribution in [2.45, 2.75) is 33.7 Å². The first-order valence-corrected chi connectivity index (χ1v) is 5.43. The molecule has 0 saturated carbocycles. The van der Waals surface area contributed by atoms with Crippen molar-refractivity contribution in [1.82, 2.24) is 9.97 Å². The molecule has 1 atom stereocenters. The summed E-state index contributed by atoms with van der Waals surface area (Å²) in [4.78, 5) is 8.37. The largest absolute Gasteiger partial charge is 0.394 e. The Balaban J connectivity index is 2.96. The number of nitrogens with two attached hydrogens (primary N) is 1. The number of aliphatic hydroxyl groups excluding tert-OH is 1. The highest BCUT2D eigenvalue weighted by atomic mass is 16.3. The second-order valence-corrected chi connectivity index (χ2v) is 4.31. The first kappa shape index (κ1) is 12.7. The van der Waals surface area contributed by atoms with Gasteiger partial charge in [0.2, 0.25) is 0 Å². The lowest BCUT2D eigenvalue weighted by Crippen LogP contribution is -2.30. The van der Waals surface area contributed by atoms with E-state index in [1.807, 2.05) is 20.8 Å². The lowest BCUT2D eigenvalue weighted by Gasteiger charge is -2.22. The van der Waals surface area contributed by atoms with E-state index >= 15 is 0 Å². The van der Waals surface area contributed by atoms with Crippen LogP contribution >= 0.6 is 0 Å². The number of nitrogens with one attached hydrogen (secondary N) is 1. The Bertz CT molecular complexity index is 365. The van der Waals surface area contributed by atoms with Crippen molar-refractivity contribution in [3.05, 3.63) is 11.4 Å². The molecule has 5 nitrogen and oxygen atoms in total. The van der Waals surface area contributed by atoms with E-state index < -0.39 is 0 Å². The fourth-order valence-corrected chi connectivity index (χ4v) is 1.39. The van der Waals surface area contributed by atoms with Crippen LogP contribution < -0.4 is 11.1 Å². The predicted octanol–water partition coefficient (Wildman–Crippen LogP) is 1.10. The normalized spacial score (nSPS) is 12.9. The molecule has 0 fully saturated rings. The second kappa shape index (κ2) is 5.12. The van der Waals surface area contributed by atoms with Crippen LogP contribution in [-0.2, 0) is 0 Å². The fourth-order valence-electron chi connectivity index (χ4n) is 1.39. The highest BCUT2D eigenvalue weighted by Crippen LogP contribution is 2.19. The molecule has 1 aromatic rings. The van der Waals surface area contributed by atoms with E-state index in [2.05, 4.69) is 15.3 Å². The van der Waals surface area contributed by atoms with Crippen molar-refractivity contribution in [3.63, 3.8) is 0 Å². The molecular formula is C11H20N4O. The number of hydrogen-bond donors (Lipinski definition) is 3. The minimum Gasteiger partial charge on any atom is -0.394 e. The summed E-state index contributed by atoms with van der Waals surface area (Å²) in [6, 6.07) is -0.0209. The minimum atomic E-state index is -0.0209. The molecule has 1 aromatic heterocycles. The van der Waals surface area contributed by atoms with Crippen molar-refractivity contribution >= 4 is 11.6 Å². The van der Waals surface area contributed by atoms with Gasteiger partial charge in [-0.25, -0.2) is 9.97 Å². The summed E-state index contributed by atoms with van der Waals surface area (Å²) in [5.74, 6) is 2.14. The minimum absolute atomic E-state index is 0.0209. The summed E-state index contributed by atoms with van der Waals surface area (Å²) in [7, 11) is 0. The van der Waals surface area contributed by atoms with Gasteiger partial charge in [-0.15, -0.1) is 0 Å². The smallest absolute Gasteiger partial charge is 0.135 e. The van der Waals surface area contributed by atoms with Gasteiger partial charge in [0, 0.05) is 5.56 Å². The molecule has 0 aliphatic rings. The average Bonchev–Trinajstić information content (AvgIpc) is 2.20. The Hall–Kier alpha value is -1.36. The van der Waals surface area contributed by atoms with Gasteiger partial charge in [-0.3, -0.25) is 0 Å². The van der Waals surface area contributed by atoms with Crippen molar-refractivity contribution in [2.24, 2.45) is 5.92 Å². The molecule has 0 bridgehead atoms. The highest BCUT2D eigenvalue weighted by molar-refractivity contribution is 5.55. The van der Waals surface area contributed by atoms with E-state index in [0.29, 0.717) is 23.4 Å². The number of aromatic nitrogens is 2. The molecule has 4 N–H and O–H groups in total. The molecule has 0 aromatic carbocycles. The van der Waals surface area contributed by atoms with E-state index in [9.17, 15) is 5.11 Å². The van der Waals surface area contributed by atoms with E-state index in [1.54, 1.807) is 6.92 Å². The maximum absolute atomic E-state index is 9.25. The molecule has 0 radical (unpaired) electrons. The van der Waals surface area contributed by atoms with Crippen LogP contribution in [0, 0.1) is 19.8 Å². The average molecular weight is 224 g/mol. The number of rotatable bonds is 4. The zero-order valence-electron chi connectivity index (χ0n) is 10.3. The molecule has 1 rings (SSSR count). The summed E-state index contributed by atoms with van der Waals surface area (Å²) >= 11 is 0. The third-order valence-corrected chi connectivity index (χ3v) is 2.62. The molecule has 0 saturated heterocycles. The predicted molar refractivity (Wildman–Crippen MR) is 65.3 cm³/mol. The molecule has 16 heavy (non-hydrogen) atoms. The van der Waals surface area contributed by atoms with Crippen LogP contribution in [0.15, 0.2) is 0 Å². The SMILES string of the molecule is Cc1nc(N)c(C)c(N[C@H](CO)C(C)C)n1. The van der Waals surface area contributed by atoms with Gasteiger partial charge in [0.15, 0.2) is 0 Å². The monoisotopic (exact) mass is 224 g/mol. The first-order valence-electron chi connectivity index (χ1n) is 5.43. The van der Waals surface area contributed by atoms with Gasteiger partial charge in [-0.2, -0.15) is 0 Å². The number of anilines is 2. The van der Waals surface area contributed by atoms with E-state index in [-0.39, 0.29) is 12.6 Å². The zero-order chi connectivity index (χ0) is 12.3. The van der Waals surface area contributed by atoms with E-state index in [1.165, 1.54) is 0 Å². The van der Waals surface area contributed by atoms with Gasteiger partial charge in [-0.1, -0.05) is 13.8 Å². The quantitative estimate of drug-likeness (QED) is 0.713. The Morgan fingerprint density at radius 1 is 1.31 bits per heavy atom. The van der Waals surface area contributed by atoms with E-state index in [0.717, 1.165) is 5.56 Å². The number of aliphatic hydroxyl groups is 1. The lowest BCUT2D eigenvalue weighted by atomic mass is 10.1. The van der Waals surface area contributed by atoms with Gasteiger partial charge in [0.1, 0.15) is 17.5 Å². The summed E-state index contributed by atoms with van der Waals surface area (Å²) in [5.41, 5.74) is 6.58. The summed E-state index contributed by atoms with van der Waals surface area (Å²) in [6.07, 6.45) is 0. The highest BCUT2D eigenvalue weighted by Gasteiger charge is 2.15. The summed E-state index contributed by atoms with van der Waals surface area (Å²) in [6.45, 7) is 7.82. The standard InChI is InChI=1S/C11H20N4O/c1-6(2)9(5-16)15-11-7(3)10(12)13-8(4)14-11/h6,9,16H,5H2,1-4H3,(H3,12,13,14,15)/t9-/m1/s1. The van der Waals surface area contributed by atoms with Crippen LogP contribution in [0.5, 0.6) is 0 Å². The number of aryl methyl sites for hydroxylation is 1. The molecule has 90 valence electrons. The Morgan fingerprint density at radius 2 is 1.94 bits per heavy atom. The van der Waals surface area contributed by atoms with Crippen LogP contribution in [0.25, 0.3) is 0 Å². The van der Waals surface area contributed by atoms with Crippen LogP contribution in [0.4, 0.5) is 11.6 Å². The molecule has 0 aliphatic carbocycles. The van der Waals surface area contributed by atoms with Gasteiger partial charge < -0.3 is 16.2 Å². The molecule has 0 amide bonds. The number of nitrogens with zero attached hydrogens (tertiary/aromatic N) is 2. The number of hydrogen-bond acceptors (Lipinski definition) is 5. The maximum Gasteiger partial charge on any atom is 0.135 e. The Kier molecular flexibility index (Phi) is 4.06. The Morgan fingerprint density at radius 3 is 2.44 bits per heavy atom. The van der Waals surface area contributed by atoms with Gasteiger partial charge in [-0.05, 0) is 19.8 Å². The van der Waals surface area contributed by atoms with Crippen molar-refractivity contribution < 1.29 is 5.11 Å². The van der Waals surface area contributed by atoms with Gasteiger partial charge >= 0.3 is 0 Å². The van der Waals surface area contributed by atoms with Crippen LogP contribution in [-0.4, -0.2) is 27.7 Å². The second-order valence-electron chi connectivity index (χ2n) is 4.31. The summed E-state index contributed by atoms with van der Waals surface area (Å²) in [5, 5.41) is 12.4. The third-order valence-electron chi connectivity index (χ3n) is 2.62. The molecule has 0 aliphatic heterocycles. The number of nitrogen functional groups attached to an aromatic ring is 1. The van der Waals surface area contributed by atoms with Crippen molar-refractivity contribution in [1.29, 1.82) is 0 Å². The van der Waals surface area contributed by atoms with E-state index in [4.69, 9.17) is 5.73 Å². The molecule has 0 unspecified atom stereocenters. The third kappa shape index (κ3) is 2.82. The maximum atomic E-state index is 9.25. The van der Waals surface area contributed by atoms with Gasteiger partial charge in [0.05, 0.1) is 12.6 Å². The zero-order valence-corrected chi connectivity index (χ0v) is 10.3. The Labute approximate surface area is 96.1 Å². The molecule has 1 heterocycles. The molecule has 5 heteroatoms. The topological polar surface area (TPSA) is 84.1 Å². The van der Waals surface area contributed by atoms with Gasteiger partial charge in [0.25, 0.3) is 0 Å². The molecule has 0 spiro atoms. The van der Waals surface area contributed by atoms with Crippen molar-refractivity contribution in [3.8, 4) is 0 Å².